The highest BCUT2D eigenvalue weighted by molar-refractivity contribution is 6.01. The zero-order valence-electron chi connectivity index (χ0n) is 16.8. The molecule has 0 heterocycles. The number of ether oxygens (including phenoxy) is 2. The standard InChI is InChI=1S/C23H24N2O4/c1-4-25(20-9-7-6-8-10-20)22(26)17(3)29-23(27)19(16-24)15-18-11-13-21(14-12-18)28-5-2/h6-15,17H,4-5H2,1-3H3/b19-15+/t17-/m1/s1. The zero-order chi connectivity index (χ0) is 21.2. The van der Waals surface area contributed by atoms with Gasteiger partial charge in [0.25, 0.3) is 5.91 Å². The number of carbonyl (C=O) groups excluding carboxylic acids is 2. The van der Waals surface area contributed by atoms with Gasteiger partial charge >= 0.3 is 5.97 Å². The molecule has 2 rings (SSSR count). The van der Waals surface area contributed by atoms with Crippen molar-refractivity contribution in [2.75, 3.05) is 18.1 Å². The van der Waals surface area contributed by atoms with E-state index in [0.717, 1.165) is 0 Å². The Labute approximate surface area is 171 Å². The number of amides is 1. The number of rotatable bonds is 8. The summed E-state index contributed by atoms with van der Waals surface area (Å²) in [5.41, 5.74) is 1.19. The van der Waals surface area contributed by atoms with Crippen molar-refractivity contribution in [3.8, 4) is 11.8 Å². The largest absolute Gasteiger partial charge is 0.494 e. The summed E-state index contributed by atoms with van der Waals surface area (Å²) in [5, 5.41) is 9.34. The minimum absolute atomic E-state index is 0.184. The van der Waals surface area contributed by atoms with Gasteiger partial charge < -0.3 is 14.4 Å². The molecule has 0 aliphatic rings. The Morgan fingerprint density at radius 1 is 1.10 bits per heavy atom. The quantitative estimate of drug-likeness (QED) is 0.386. The molecule has 0 fully saturated rings. The minimum Gasteiger partial charge on any atom is -0.494 e. The number of nitrogens with zero attached hydrogens (tertiary/aromatic N) is 2. The van der Waals surface area contributed by atoms with Crippen LogP contribution in [0.5, 0.6) is 5.75 Å². The van der Waals surface area contributed by atoms with Crippen LogP contribution >= 0.6 is 0 Å². The number of hydrogen-bond acceptors (Lipinski definition) is 5. The predicted molar refractivity (Wildman–Crippen MR) is 111 cm³/mol. The third-order valence-electron chi connectivity index (χ3n) is 4.12. The van der Waals surface area contributed by atoms with Crippen LogP contribution in [-0.4, -0.2) is 31.1 Å². The number of anilines is 1. The second-order valence-electron chi connectivity index (χ2n) is 6.14. The first-order valence-corrected chi connectivity index (χ1v) is 9.42. The van der Waals surface area contributed by atoms with E-state index in [9.17, 15) is 14.9 Å². The van der Waals surface area contributed by atoms with Gasteiger partial charge in [-0.15, -0.1) is 0 Å². The van der Waals surface area contributed by atoms with Gasteiger partial charge in [-0.3, -0.25) is 4.79 Å². The van der Waals surface area contributed by atoms with Crippen LogP contribution in [0.15, 0.2) is 60.2 Å². The molecule has 1 atom stereocenters. The van der Waals surface area contributed by atoms with Crippen LogP contribution in [0.2, 0.25) is 0 Å². The van der Waals surface area contributed by atoms with E-state index >= 15 is 0 Å². The Kier molecular flexibility index (Phi) is 7.99. The van der Waals surface area contributed by atoms with Crippen molar-refractivity contribution in [3.63, 3.8) is 0 Å². The lowest BCUT2D eigenvalue weighted by atomic mass is 10.1. The summed E-state index contributed by atoms with van der Waals surface area (Å²) in [5.74, 6) is -0.498. The molecule has 0 aromatic heterocycles. The monoisotopic (exact) mass is 392 g/mol. The molecule has 2 aromatic carbocycles. The molecule has 0 aliphatic heterocycles. The number of likely N-dealkylation sites (N-methyl/N-ethyl adjacent to an activating group) is 1. The minimum atomic E-state index is -1.03. The van der Waals surface area contributed by atoms with Gasteiger partial charge in [0.15, 0.2) is 6.10 Å². The first-order valence-electron chi connectivity index (χ1n) is 9.42. The molecule has 0 radical (unpaired) electrons. The fourth-order valence-corrected chi connectivity index (χ4v) is 2.70. The summed E-state index contributed by atoms with van der Waals surface area (Å²) in [7, 11) is 0. The topological polar surface area (TPSA) is 79.6 Å². The molecular weight excluding hydrogens is 368 g/mol. The molecule has 0 unspecified atom stereocenters. The Bertz CT molecular complexity index is 899. The van der Waals surface area contributed by atoms with Gasteiger partial charge in [0.2, 0.25) is 0 Å². The summed E-state index contributed by atoms with van der Waals surface area (Å²) in [6.45, 7) is 6.20. The highest BCUT2D eigenvalue weighted by Crippen LogP contribution is 2.17. The number of hydrogen-bond donors (Lipinski definition) is 0. The van der Waals surface area contributed by atoms with Gasteiger partial charge in [0.05, 0.1) is 6.61 Å². The lowest BCUT2D eigenvalue weighted by Gasteiger charge is -2.24. The number of carbonyl (C=O) groups is 2. The summed E-state index contributed by atoms with van der Waals surface area (Å²) in [6, 6.07) is 17.9. The van der Waals surface area contributed by atoms with E-state index in [-0.39, 0.29) is 11.5 Å². The number of benzene rings is 2. The third-order valence-corrected chi connectivity index (χ3v) is 4.12. The molecule has 150 valence electrons. The molecule has 0 saturated heterocycles. The van der Waals surface area contributed by atoms with Crippen LogP contribution in [0.1, 0.15) is 26.3 Å². The molecule has 0 bridgehead atoms. The van der Waals surface area contributed by atoms with Gasteiger partial charge in [-0.2, -0.15) is 5.26 Å². The van der Waals surface area contributed by atoms with Crippen LogP contribution in [0.25, 0.3) is 6.08 Å². The normalized spacial score (nSPS) is 11.9. The average Bonchev–Trinajstić information content (AvgIpc) is 2.74. The van der Waals surface area contributed by atoms with E-state index in [4.69, 9.17) is 9.47 Å². The molecule has 1 amide bonds. The van der Waals surface area contributed by atoms with Crippen molar-refractivity contribution in [1.29, 1.82) is 5.26 Å². The smallest absolute Gasteiger partial charge is 0.349 e. The zero-order valence-corrected chi connectivity index (χ0v) is 16.8. The third kappa shape index (κ3) is 5.94. The van der Waals surface area contributed by atoms with Crippen LogP contribution in [0.3, 0.4) is 0 Å². The lowest BCUT2D eigenvalue weighted by Crippen LogP contribution is -2.40. The highest BCUT2D eigenvalue weighted by Gasteiger charge is 2.25. The maximum absolute atomic E-state index is 12.7. The number of para-hydroxylation sites is 1. The Morgan fingerprint density at radius 3 is 2.31 bits per heavy atom. The number of nitriles is 1. The van der Waals surface area contributed by atoms with E-state index in [0.29, 0.717) is 30.2 Å². The van der Waals surface area contributed by atoms with Crippen molar-refractivity contribution < 1.29 is 19.1 Å². The molecule has 0 saturated carbocycles. The van der Waals surface area contributed by atoms with E-state index < -0.39 is 12.1 Å². The Balaban J connectivity index is 2.09. The van der Waals surface area contributed by atoms with E-state index in [2.05, 4.69) is 0 Å². The van der Waals surface area contributed by atoms with Gasteiger partial charge in [0.1, 0.15) is 17.4 Å². The fourth-order valence-electron chi connectivity index (χ4n) is 2.70. The van der Waals surface area contributed by atoms with Crippen LogP contribution in [0.4, 0.5) is 5.69 Å². The van der Waals surface area contributed by atoms with Crippen LogP contribution in [-0.2, 0) is 14.3 Å². The first kappa shape index (κ1) is 21.7. The van der Waals surface area contributed by atoms with Crippen molar-refractivity contribution >= 4 is 23.6 Å². The molecule has 0 N–H and O–H groups in total. The summed E-state index contributed by atoms with van der Waals surface area (Å²) in [4.78, 5) is 26.6. The molecule has 29 heavy (non-hydrogen) atoms. The van der Waals surface area contributed by atoms with Crippen molar-refractivity contribution in [2.45, 2.75) is 26.9 Å². The SMILES string of the molecule is CCOc1ccc(/C=C(\C#N)C(=O)O[C@H](C)C(=O)N(CC)c2ccccc2)cc1. The van der Waals surface area contributed by atoms with Crippen molar-refractivity contribution in [3.05, 3.63) is 65.7 Å². The van der Waals surface area contributed by atoms with Gasteiger partial charge in [-0.25, -0.2) is 4.79 Å². The highest BCUT2D eigenvalue weighted by atomic mass is 16.5. The van der Waals surface area contributed by atoms with E-state index in [1.807, 2.05) is 50.2 Å². The predicted octanol–water partition coefficient (Wildman–Crippen LogP) is 3.98. The Morgan fingerprint density at radius 2 is 1.76 bits per heavy atom. The van der Waals surface area contributed by atoms with Crippen molar-refractivity contribution in [2.24, 2.45) is 0 Å². The van der Waals surface area contributed by atoms with E-state index in [1.165, 1.54) is 17.9 Å². The molecule has 0 spiro atoms. The second-order valence-corrected chi connectivity index (χ2v) is 6.14. The van der Waals surface area contributed by atoms with Gasteiger partial charge in [-0.1, -0.05) is 30.3 Å². The van der Waals surface area contributed by atoms with Gasteiger partial charge in [0, 0.05) is 12.2 Å². The lowest BCUT2D eigenvalue weighted by molar-refractivity contribution is -0.149. The van der Waals surface area contributed by atoms with Crippen LogP contribution < -0.4 is 9.64 Å². The number of esters is 1. The first-order chi connectivity index (χ1) is 14.0. The summed E-state index contributed by atoms with van der Waals surface area (Å²) in [6.07, 6.45) is 0.393. The molecule has 6 nitrogen and oxygen atoms in total. The Hall–Kier alpha value is -3.59. The maximum Gasteiger partial charge on any atom is 0.349 e. The van der Waals surface area contributed by atoms with E-state index in [1.54, 1.807) is 24.3 Å². The van der Waals surface area contributed by atoms with Gasteiger partial charge in [-0.05, 0) is 56.7 Å². The van der Waals surface area contributed by atoms with Crippen LogP contribution in [0, 0.1) is 11.3 Å². The van der Waals surface area contributed by atoms with Crippen molar-refractivity contribution in [1.82, 2.24) is 0 Å². The average molecular weight is 392 g/mol. The maximum atomic E-state index is 12.7. The molecule has 0 aliphatic carbocycles. The molecule has 6 heteroatoms. The summed E-state index contributed by atoms with van der Waals surface area (Å²) >= 11 is 0. The second kappa shape index (κ2) is 10.7. The molecular formula is C23H24N2O4. The molecule has 2 aromatic rings. The summed E-state index contributed by atoms with van der Waals surface area (Å²) < 4.78 is 10.6. The fraction of sp³-hybridized carbons (Fsp3) is 0.261.